The van der Waals surface area contributed by atoms with Gasteiger partial charge in [0.25, 0.3) is 0 Å². The maximum atomic E-state index is 11.9. The molecule has 0 saturated carbocycles. The van der Waals surface area contributed by atoms with Gasteiger partial charge in [-0.2, -0.15) is 0 Å². The second-order valence-corrected chi connectivity index (χ2v) is 5.39. The number of carbonyl (C=O) groups excluding carboxylic acids is 1. The average molecular weight is 317 g/mol. The van der Waals surface area contributed by atoms with Gasteiger partial charge in [0.15, 0.2) is 5.78 Å². The average Bonchev–Trinajstić information content (AvgIpc) is 2.65. The van der Waals surface area contributed by atoms with Crippen LogP contribution in [-0.4, -0.2) is 10.8 Å². The molecule has 0 bridgehead atoms. The lowest BCUT2D eigenvalue weighted by Gasteiger charge is -2.01. The molecule has 0 aliphatic heterocycles. The molecule has 0 aliphatic carbocycles. The lowest BCUT2D eigenvalue weighted by atomic mass is 10.2. The molecule has 0 aliphatic rings. The van der Waals surface area contributed by atoms with Crippen LogP contribution in [0.4, 0.5) is 0 Å². The third-order valence-corrected chi connectivity index (χ3v) is 4.27. The van der Waals surface area contributed by atoms with E-state index in [4.69, 9.17) is 11.6 Å². The molecule has 0 radical (unpaired) electrons. The fourth-order valence-corrected chi connectivity index (χ4v) is 2.99. The summed E-state index contributed by atoms with van der Waals surface area (Å²) in [6.45, 7) is 0. The maximum absolute atomic E-state index is 11.9. The normalized spacial score (nSPS) is 10.4. The Balaban J connectivity index is 2.22. The molecule has 0 aromatic carbocycles. The van der Waals surface area contributed by atoms with E-state index in [1.54, 1.807) is 18.3 Å². The predicted molar refractivity (Wildman–Crippen MR) is 69.3 cm³/mol. The van der Waals surface area contributed by atoms with Gasteiger partial charge in [-0.25, -0.2) is 0 Å². The minimum Gasteiger partial charge on any atom is -0.292 e. The standard InChI is InChI=1S/C11H7BrClNOS/c12-7-3-5-16-10(7)6-9(15)11-8(13)2-1-4-14-11/h1-5H,6H2. The minimum absolute atomic E-state index is 0.0613. The smallest absolute Gasteiger partial charge is 0.187 e. The van der Waals surface area contributed by atoms with Crippen molar-refractivity contribution in [3.8, 4) is 0 Å². The molecule has 16 heavy (non-hydrogen) atoms. The number of aromatic nitrogens is 1. The zero-order valence-corrected chi connectivity index (χ0v) is 11.3. The molecule has 2 aromatic heterocycles. The largest absolute Gasteiger partial charge is 0.292 e. The summed E-state index contributed by atoms with van der Waals surface area (Å²) in [6.07, 6.45) is 1.90. The van der Waals surface area contributed by atoms with Crippen LogP contribution in [0, 0.1) is 0 Å². The van der Waals surface area contributed by atoms with Gasteiger partial charge < -0.3 is 0 Å². The van der Waals surface area contributed by atoms with Gasteiger partial charge in [0.1, 0.15) is 5.69 Å². The Morgan fingerprint density at radius 1 is 1.50 bits per heavy atom. The molecule has 0 fully saturated rings. The van der Waals surface area contributed by atoms with Crippen molar-refractivity contribution in [2.45, 2.75) is 6.42 Å². The zero-order valence-electron chi connectivity index (χ0n) is 8.11. The highest BCUT2D eigenvalue weighted by Crippen LogP contribution is 2.25. The number of rotatable bonds is 3. The Bertz CT molecular complexity index is 526. The molecule has 2 heterocycles. The predicted octanol–water partition coefficient (Wildman–Crippen LogP) is 3.98. The van der Waals surface area contributed by atoms with E-state index in [0.717, 1.165) is 9.35 Å². The topological polar surface area (TPSA) is 30.0 Å². The molecule has 2 rings (SSSR count). The third kappa shape index (κ3) is 2.51. The molecule has 0 atom stereocenters. The number of thiophene rings is 1. The van der Waals surface area contributed by atoms with Crippen LogP contribution >= 0.6 is 38.9 Å². The molecular weight excluding hydrogens is 310 g/mol. The molecule has 0 saturated heterocycles. The number of carbonyl (C=O) groups is 1. The Hall–Kier alpha value is -0.710. The van der Waals surface area contributed by atoms with E-state index in [1.165, 1.54) is 11.3 Å². The van der Waals surface area contributed by atoms with Crippen LogP contribution in [0.2, 0.25) is 5.02 Å². The van der Waals surface area contributed by atoms with Crippen molar-refractivity contribution in [3.05, 3.63) is 49.8 Å². The van der Waals surface area contributed by atoms with Crippen LogP contribution < -0.4 is 0 Å². The van der Waals surface area contributed by atoms with Gasteiger partial charge in [0.05, 0.1) is 5.02 Å². The molecule has 0 spiro atoms. The molecule has 2 aromatic rings. The summed E-state index contributed by atoms with van der Waals surface area (Å²) in [5.41, 5.74) is 0.337. The number of ketones is 1. The SMILES string of the molecule is O=C(Cc1sccc1Br)c1ncccc1Cl. The molecule has 0 N–H and O–H groups in total. The first-order valence-electron chi connectivity index (χ1n) is 4.54. The number of hydrogen-bond acceptors (Lipinski definition) is 3. The fraction of sp³-hybridized carbons (Fsp3) is 0.0909. The second-order valence-electron chi connectivity index (χ2n) is 3.13. The van der Waals surface area contributed by atoms with Gasteiger partial charge in [0.2, 0.25) is 0 Å². The van der Waals surface area contributed by atoms with Gasteiger partial charge in [0, 0.05) is 22.0 Å². The van der Waals surface area contributed by atoms with Gasteiger partial charge in [-0.3, -0.25) is 9.78 Å². The third-order valence-electron chi connectivity index (χ3n) is 2.03. The van der Waals surface area contributed by atoms with E-state index >= 15 is 0 Å². The maximum Gasteiger partial charge on any atom is 0.187 e. The summed E-state index contributed by atoms with van der Waals surface area (Å²) in [5, 5.41) is 2.34. The van der Waals surface area contributed by atoms with Crippen LogP contribution in [0.1, 0.15) is 15.4 Å². The van der Waals surface area contributed by atoms with Crippen LogP contribution in [0.15, 0.2) is 34.2 Å². The Labute approximate surface area is 110 Å². The highest BCUT2D eigenvalue weighted by Gasteiger charge is 2.14. The molecule has 2 nitrogen and oxygen atoms in total. The number of Topliss-reactive ketones (excluding diaryl/α,β-unsaturated/α-hetero) is 1. The molecule has 0 unspecified atom stereocenters. The van der Waals surface area contributed by atoms with Gasteiger partial charge >= 0.3 is 0 Å². The number of hydrogen-bond donors (Lipinski definition) is 0. The van der Waals surface area contributed by atoms with E-state index < -0.39 is 0 Å². The van der Waals surface area contributed by atoms with E-state index in [9.17, 15) is 4.79 Å². The van der Waals surface area contributed by atoms with Crippen molar-refractivity contribution >= 4 is 44.7 Å². The lowest BCUT2D eigenvalue weighted by molar-refractivity contribution is 0.0989. The van der Waals surface area contributed by atoms with Gasteiger partial charge in [-0.1, -0.05) is 11.6 Å². The van der Waals surface area contributed by atoms with Crippen molar-refractivity contribution in [3.63, 3.8) is 0 Å². The molecular formula is C11H7BrClNOS. The highest BCUT2D eigenvalue weighted by molar-refractivity contribution is 9.10. The van der Waals surface area contributed by atoms with E-state index in [0.29, 0.717) is 17.1 Å². The highest BCUT2D eigenvalue weighted by atomic mass is 79.9. The summed E-state index contributed by atoms with van der Waals surface area (Å²) >= 11 is 10.8. The first kappa shape index (κ1) is 11.8. The fourth-order valence-electron chi connectivity index (χ4n) is 1.27. The van der Waals surface area contributed by atoms with Crippen LogP contribution in [0.25, 0.3) is 0 Å². The summed E-state index contributed by atoms with van der Waals surface area (Å²) in [5.74, 6) is -0.0613. The summed E-state index contributed by atoms with van der Waals surface area (Å²) in [4.78, 5) is 16.9. The van der Waals surface area contributed by atoms with Gasteiger partial charge in [-0.05, 0) is 39.5 Å². The van der Waals surface area contributed by atoms with Crippen LogP contribution in [-0.2, 0) is 6.42 Å². The van der Waals surface area contributed by atoms with Crippen molar-refractivity contribution in [1.29, 1.82) is 0 Å². The Kier molecular flexibility index (Phi) is 3.74. The van der Waals surface area contributed by atoms with Crippen molar-refractivity contribution < 1.29 is 4.79 Å². The Morgan fingerprint density at radius 3 is 2.94 bits per heavy atom. The number of nitrogens with zero attached hydrogens (tertiary/aromatic N) is 1. The number of halogens is 2. The van der Waals surface area contributed by atoms with Crippen LogP contribution in [0.3, 0.4) is 0 Å². The minimum atomic E-state index is -0.0613. The lowest BCUT2D eigenvalue weighted by Crippen LogP contribution is -2.05. The monoisotopic (exact) mass is 315 g/mol. The second kappa shape index (κ2) is 5.08. The van der Waals surface area contributed by atoms with Crippen molar-refractivity contribution in [2.24, 2.45) is 0 Å². The van der Waals surface area contributed by atoms with Crippen LogP contribution in [0.5, 0.6) is 0 Å². The Morgan fingerprint density at radius 2 is 2.31 bits per heavy atom. The summed E-state index contributed by atoms with van der Waals surface area (Å²) in [7, 11) is 0. The molecule has 5 heteroatoms. The summed E-state index contributed by atoms with van der Waals surface area (Å²) in [6, 6.07) is 5.30. The van der Waals surface area contributed by atoms with E-state index in [-0.39, 0.29) is 5.78 Å². The van der Waals surface area contributed by atoms with Crippen molar-refractivity contribution in [2.75, 3.05) is 0 Å². The number of pyridine rings is 1. The van der Waals surface area contributed by atoms with Gasteiger partial charge in [-0.15, -0.1) is 11.3 Å². The van der Waals surface area contributed by atoms with Crippen molar-refractivity contribution in [1.82, 2.24) is 4.98 Å². The first-order valence-corrected chi connectivity index (χ1v) is 6.59. The zero-order chi connectivity index (χ0) is 11.5. The summed E-state index contributed by atoms with van der Waals surface area (Å²) < 4.78 is 0.956. The van der Waals surface area contributed by atoms with E-state index in [2.05, 4.69) is 20.9 Å². The molecule has 0 amide bonds. The molecule has 82 valence electrons. The first-order chi connectivity index (χ1) is 7.68. The van der Waals surface area contributed by atoms with E-state index in [1.807, 2.05) is 11.4 Å². The quantitative estimate of drug-likeness (QED) is 0.802.